The third-order valence-corrected chi connectivity index (χ3v) is 3.65. The van der Waals surface area contributed by atoms with E-state index in [9.17, 15) is 0 Å². The molecule has 1 heterocycles. The van der Waals surface area contributed by atoms with E-state index in [0.717, 1.165) is 24.4 Å². The Labute approximate surface area is 113 Å². The first kappa shape index (κ1) is 12.1. The molecule has 3 heteroatoms. The van der Waals surface area contributed by atoms with Crippen molar-refractivity contribution in [1.29, 1.82) is 0 Å². The third kappa shape index (κ3) is 2.29. The molecule has 98 valence electrons. The van der Waals surface area contributed by atoms with Gasteiger partial charge in [0.2, 0.25) is 0 Å². The molecule has 1 unspecified atom stereocenters. The van der Waals surface area contributed by atoms with E-state index in [1.54, 1.807) is 7.11 Å². The van der Waals surface area contributed by atoms with E-state index in [4.69, 9.17) is 10.5 Å². The quantitative estimate of drug-likeness (QED) is 0.810. The first-order chi connectivity index (χ1) is 9.28. The molecular weight excluding hydrogens is 236 g/mol. The Morgan fingerprint density at radius 2 is 2.11 bits per heavy atom. The Hall–Kier alpha value is -2.00. The average Bonchev–Trinajstić information content (AvgIpc) is 2.46. The highest BCUT2D eigenvalue weighted by Crippen LogP contribution is 2.31. The van der Waals surface area contributed by atoms with Gasteiger partial charge in [0, 0.05) is 12.2 Å². The van der Waals surface area contributed by atoms with Crippen LogP contribution in [-0.2, 0) is 6.42 Å². The van der Waals surface area contributed by atoms with E-state index < -0.39 is 0 Å². The largest absolute Gasteiger partial charge is 0.497 e. The van der Waals surface area contributed by atoms with Gasteiger partial charge < -0.3 is 15.8 Å². The molecule has 1 atom stereocenters. The first-order valence-electron chi connectivity index (χ1n) is 6.53. The third-order valence-electron chi connectivity index (χ3n) is 3.65. The lowest BCUT2D eigenvalue weighted by atomic mass is 9.89. The molecule has 19 heavy (non-hydrogen) atoms. The lowest BCUT2D eigenvalue weighted by Gasteiger charge is -2.28. The maximum absolute atomic E-state index is 5.88. The molecule has 2 aromatic rings. The van der Waals surface area contributed by atoms with Gasteiger partial charge >= 0.3 is 0 Å². The van der Waals surface area contributed by atoms with Crippen LogP contribution in [-0.4, -0.2) is 13.7 Å². The van der Waals surface area contributed by atoms with Crippen molar-refractivity contribution in [3.05, 3.63) is 59.2 Å². The van der Waals surface area contributed by atoms with Gasteiger partial charge in [-0.05, 0) is 47.4 Å². The van der Waals surface area contributed by atoms with Gasteiger partial charge in [0.1, 0.15) is 5.75 Å². The molecule has 0 radical (unpaired) electrons. The van der Waals surface area contributed by atoms with Gasteiger partial charge in [-0.2, -0.15) is 0 Å². The van der Waals surface area contributed by atoms with Crippen LogP contribution in [0, 0.1) is 0 Å². The SMILES string of the molecule is COc1ccc2c(c1)CCNC2c1cccc(N)c1. The van der Waals surface area contributed by atoms with Crippen LogP contribution in [0.5, 0.6) is 5.75 Å². The Bertz CT molecular complexity index is 595. The van der Waals surface area contributed by atoms with E-state index in [2.05, 4.69) is 23.5 Å². The molecule has 0 fully saturated rings. The predicted molar refractivity (Wildman–Crippen MR) is 77.4 cm³/mol. The highest BCUT2D eigenvalue weighted by molar-refractivity contribution is 5.48. The highest BCUT2D eigenvalue weighted by atomic mass is 16.5. The molecule has 0 aliphatic carbocycles. The smallest absolute Gasteiger partial charge is 0.119 e. The van der Waals surface area contributed by atoms with Crippen LogP contribution in [0.4, 0.5) is 5.69 Å². The topological polar surface area (TPSA) is 47.3 Å². The summed E-state index contributed by atoms with van der Waals surface area (Å²) in [5.41, 5.74) is 10.6. The molecule has 3 rings (SSSR count). The fourth-order valence-corrected chi connectivity index (χ4v) is 2.70. The van der Waals surface area contributed by atoms with Crippen molar-refractivity contribution in [2.24, 2.45) is 0 Å². The maximum Gasteiger partial charge on any atom is 0.119 e. The van der Waals surface area contributed by atoms with Gasteiger partial charge in [-0.3, -0.25) is 0 Å². The molecule has 0 spiro atoms. The standard InChI is InChI=1S/C16H18N2O/c1-19-14-5-6-15-11(10-14)7-8-18-16(15)12-3-2-4-13(17)9-12/h2-6,9-10,16,18H,7-8,17H2,1H3. The van der Waals surface area contributed by atoms with Crippen molar-refractivity contribution >= 4 is 5.69 Å². The van der Waals surface area contributed by atoms with Crippen molar-refractivity contribution in [3.8, 4) is 5.75 Å². The van der Waals surface area contributed by atoms with Crippen LogP contribution in [0.1, 0.15) is 22.7 Å². The zero-order chi connectivity index (χ0) is 13.2. The zero-order valence-corrected chi connectivity index (χ0v) is 11.0. The number of benzene rings is 2. The Morgan fingerprint density at radius 1 is 1.21 bits per heavy atom. The maximum atomic E-state index is 5.88. The van der Waals surface area contributed by atoms with Crippen LogP contribution >= 0.6 is 0 Å². The van der Waals surface area contributed by atoms with E-state index in [1.807, 2.05) is 24.3 Å². The molecule has 0 saturated carbocycles. The second-order valence-electron chi connectivity index (χ2n) is 4.87. The Kier molecular flexibility index (Phi) is 3.13. The highest BCUT2D eigenvalue weighted by Gasteiger charge is 2.21. The fraction of sp³-hybridized carbons (Fsp3) is 0.250. The second kappa shape index (κ2) is 4.94. The fourth-order valence-electron chi connectivity index (χ4n) is 2.70. The predicted octanol–water partition coefficient (Wildman–Crippen LogP) is 2.51. The van der Waals surface area contributed by atoms with Gasteiger partial charge in [-0.15, -0.1) is 0 Å². The zero-order valence-electron chi connectivity index (χ0n) is 11.0. The summed E-state index contributed by atoms with van der Waals surface area (Å²) in [6.07, 6.45) is 1.03. The monoisotopic (exact) mass is 254 g/mol. The molecule has 2 aromatic carbocycles. The molecule has 0 bridgehead atoms. The van der Waals surface area contributed by atoms with Crippen LogP contribution in [0.2, 0.25) is 0 Å². The van der Waals surface area contributed by atoms with Gasteiger partial charge in [-0.25, -0.2) is 0 Å². The van der Waals surface area contributed by atoms with Crippen LogP contribution in [0.25, 0.3) is 0 Å². The van der Waals surface area contributed by atoms with Gasteiger partial charge in [-0.1, -0.05) is 18.2 Å². The minimum absolute atomic E-state index is 0.221. The number of nitrogens with one attached hydrogen (secondary N) is 1. The normalized spacial score (nSPS) is 17.8. The van der Waals surface area contributed by atoms with Gasteiger partial charge in [0.25, 0.3) is 0 Å². The molecule has 0 saturated heterocycles. The van der Waals surface area contributed by atoms with Gasteiger partial charge in [0.05, 0.1) is 13.2 Å². The Morgan fingerprint density at radius 3 is 2.89 bits per heavy atom. The number of hydrogen-bond acceptors (Lipinski definition) is 3. The van der Waals surface area contributed by atoms with E-state index in [-0.39, 0.29) is 6.04 Å². The van der Waals surface area contributed by atoms with Crippen molar-refractivity contribution in [1.82, 2.24) is 5.32 Å². The number of methoxy groups -OCH3 is 1. The summed E-state index contributed by atoms with van der Waals surface area (Å²) in [4.78, 5) is 0. The first-order valence-corrected chi connectivity index (χ1v) is 6.53. The lowest BCUT2D eigenvalue weighted by molar-refractivity contribution is 0.413. The summed E-state index contributed by atoms with van der Waals surface area (Å²) in [6.45, 7) is 0.972. The summed E-state index contributed by atoms with van der Waals surface area (Å²) in [5, 5.41) is 3.56. The summed E-state index contributed by atoms with van der Waals surface area (Å²) in [5.74, 6) is 0.923. The number of nitrogen functional groups attached to an aromatic ring is 1. The minimum Gasteiger partial charge on any atom is -0.497 e. The molecule has 0 aromatic heterocycles. The summed E-state index contributed by atoms with van der Waals surface area (Å²) in [7, 11) is 1.71. The van der Waals surface area contributed by atoms with Crippen molar-refractivity contribution < 1.29 is 4.74 Å². The van der Waals surface area contributed by atoms with Crippen molar-refractivity contribution in [2.75, 3.05) is 19.4 Å². The average molecular weight is 254 g/mol. The summed E-state index contributed by atoms with van der Waals surface area (Å²) in [6, 6.07) is 14.6. The molecular formula is C16H18N2O. The molecule has 1 aliphatic heterocycles. The molecule has 3 N–H and O–H groups in total. The van der Waals surface area contributed by atoms with Crippen LogP contribution in [0.15, 0.2) is 42.5 Å². The van der Waals surface area contributed by atoms with Crippen molar-refractivity contribution in [3.63, 3.8) is 0 Å². The minimum atomic E-state index is 0.221. The number of hydrogen-bond donors (Lipinski definition) is 2. The summed E-state index contributed by atoms with van der Waals surface area (Å²) >= 11 is 0. The lowest BCUT2D eigenvalue weighted by Crippen LogP contribution is -2.30. The number of ether oxygens (including phenoxy) is 1. The van der Waals surface area contributed by atoms with Crippen LogP contribution < -0.4 is 15.8 Å². The molecule has 1 aliphatic rings. The summed E-state index contributed by atoms with van der Waals surface area (Å²) < 4.78 is 5.30. The second-order valence-corrected chi connectivity index (χ2v) is 4.87. The number of nitrogens with two attached hydrogens (primary N) is 1. The van der Waals surface area contributed by atoms with Gasteiger partial charge in [0.15, 0.2) is 0 Å². The number of fused-ring (bicyclic) bond motifs is 1. The Balaban J connectivity index is 2.03. The number of anilines is 1. The van der Waals surface area contributed by atoms with E-state index in [1.165, 1.54) is 16.7 Å². The van der Waals surface area contributed by atoms with Crippen LogP contribution in [0.3, 0.4) is 0 Å². The molecule has 0 amide bonds. The number of rotatable bonds is 2. The van der Waals surface area contributed by atoms with E-state index in [0.29, 0.717) is 0 Å². The molecule has 3 nitrogen and oxygen atoms in total. The van der Waals surface area contributed by atoms with E-state index >= 15 is 0 Å². The van der Waals surface area contributed by atoms with Crippen molar-refractivity contribution in [2.45, 2.75) is 12.5 Å².